The molecule has 0 saturated heterocycles. The summed E-state index contributed by atoms with van der Waals surface area (Å²) < 4.78 is 13.1. The monoisotopic (exact) mass is 286 g/mol. The highest BCUT2D eigenvalue weighted by Gasteiger charge is 2.27. The third kappa shape index (κ3) is 3.36. The molecule has 0 bridgehead atoms. The van der Waals surface area contributed by atoms with Crippen molar-refractivity contribution in [2.24, 2.45) is 5.73 Å². The van der Waals surface area contributed by atoms with Crippen molar-refractivity contribution >= 4 is 5.69 Å². The summed E-state index contributed by atoms with van der Waals surface area (Å²) in [4.78, 5) is 9.13. The van der Waals surface area contributed by atoms with Crippen LogP contribution in [0, 0.1) is 5.82 Å². The van der Waals surface area contributed by atoms with E-state index >= 15 is 0 Å². The fourth-order valence-corrected chi connectivity index (χ4v) is 2.22. The number of rotatable bonds is 6. The Balaban J connectivity index is 1.92. The molecule has 110 valence electrons. The van der Waals surface area contributed by atoms with Gasteiger partial charge in [-0.1, -0.05) is 0 Å². The predicted octanol–water partition coefficient (Wildman–Crippen LogP) is 2.92. The molecular formula is C16H19FN4. The van der Waals surface area contributed by atoms with E-state index in [0.717, 1.165) is 48.6 Å². The van der Waals surface area contributed by atoms with Gasteiger partial charge in [0.15, 0.2) is 0 Å². The van der Waals surface area contributed by atoms with Crippen LogP contribution in [0.25, 0.3) is 11.3 Å². The molecule has 3 rings (SSSR count). The first-order valence-corrected chi connectivity index (χ1v) is 7.35. The second kappa shape index (κ2) is 6.18. The molecule has 1 aromatic heterocycles. The molecule has 1 fully saturated rings. The van der Waals surface area contributed by atoms with Crippen LogP contribution in [0.2, 0.25) is 0 Å². The molecule has 1 aliphatic carbocycles. The Kier molecular flexibility index (Phi) is 4.10. The summed E-state index contributed by atoms with van der Waals surface area (Å²) in [5.41, 5.74) is 8.13. The molecule has 1 aliphatic rings. The Hall–Kier alpha value is -2.01. The minimum atomic E-state index is -0.243. The molecule has 1 aromatic carbocycles. The van der Waals surface area contributed by atoms with E-state index in [1.807, 2.05) is 6.20 Å². The first kappa shape index (κ1) is 13.9. The summed E-state index contributed by atoms with van der Waals surface area (Å²) in [6.07, 6.45) is 5.02. The number of nitrogens with zero attached hydrogens (tertiary/aromatic N) is 2. The lowest BCUT2D eigenvalue weighted by Crippen LogP contribution is -2.10. The van der Waals surface area contributed by atoms with E-state index in [1.54, 1.807) is 12.1 Å². The third-order valence-electron chi connectivity index (χ3n) is 3.56. The van der Waals surface area contributed by atoms with Crippen LogP contribution in [0.1, 0.15) is 31.0 Å². The smallest absolute Gasteiger partial charge is 0.132 e. The summed E-state index contributed by atoms with van der Waals surface area (Å²) in [6, 6.07) is 6.42. The minimum Gasteiger partial charge on any atom is -0.382 e. The van der Waals surface area contributed by atoms with Crippen molar-refractivity contribution in [3.05, 3.63) is 42.1 Å². The van der Waals surface area contributed by atoms with Gasteiger partial charge in [0.1, 0.15) is 11.6 Å². The lowest BCUT2D eigenvalue weighted by atomic mass is 10.1. The highest BCUT2D eigenvalue weighted by molar-refractivity contribution is 5.73. The van der Waals surface area contributed by atoms with E-state index in [9.17, 15) is 4.39 Å². The van der Waals surface area contributed by atoms with Crippen molar-refractivity contribution in [1.29, 1.82) is 0 Å². The average Bonchev–Trinajstić information content (AvgIpc) is 3.33. The van der Waals surface area contributed by atoms with Gasteiger partial charge in [-0.15, -0.1) is 0 Å². The molecule has 5 heteroatoms. The Labute approximate surface area is 123 Å². The second-order valence-electron chi connectivity index (χ2n) is 5.34. The number of hydrogen-bond donors (Lipinski definition) is 2. The maximum Gasteiger partial charge on any atom is 0.132 e. The molecule has 0 aliphatic heterocycles. The quantitative estimate of drug-likeness (QED) is 0.801. The molecule has 0 spiro atoms. The maximum atomic E-state index is 13.1. The molecule has 1 saturated carbocycles. The SMILES string of the molecule is NCCCNc1cnc(C2CC2)nc1-c1ccc(F)cc1. The van der Waals surface area contributed by atoms with Crippen LogP contribution < -0.4 is 11.1 Å². The van der Waals surface area contributed by atoms with Crippen molar-refractivity contribution in [1.82, 2.24) is 9.97 Å². The topological polar surface area (TPSA) is 63.8 Å². The lowest BCUT2D eigenvalue weighted by Gasteiger charge is -2.12. The second-order valence-corrected chi connectivity index (χ2v) is 5.34. The van der Waals surface area contributed by atoms with Crippen LogP contribution in [-0.4, -0.2) is 23.1 Å². The summed E-state index contributed by atoms with van der Waals surface area (Å²) >= 11 is 0. The molecule has 3 N–H and O–H groups in total. The molecule has 0 radical (unpaired) electrons. The van der Waals surface area contributed by atoms with Gasteiger partial charge in [0.2, 0.25) is 0 Å². The molecular weight excluding hydrogens is 267 g/mol. The molecule has 1 heterocycles. The normalized spacial score (nSPS) is 14.2. The van der Waals surface area contributed by atoms with E-state index in [4.69, 9.17) is 5.73 Å². The largest absolute Gasteiger partial charge is 0.382 e. The van der Waals surface area contributed by atoms with Crippen molar-refractivity contribution < 1.29 is 4.39 Å². The maximum absolute atomic E-state index is 13.1. The van der Waals surface area contributed by atoms with Crippen molar-refractivity contribution in [2.45, 2.75) is 25.2 Å². The predicted molar refractivity (Wildman–Crippen MR) is 81.6 cm³/mol. The molecule has 21 heavy (non-hydrogen) atoms. The molecule has 0 amide bonds. The number of anilines is 1. The summed E-state index contributed by atoms with van der Waals surface area (Å²) in [6.45, 7) is 1.41. The zero-order valence-electron chi connectivity index (χ0n) is 11.8. The summed E-state index contributed by atoms with van der Waals surface area (Å²) in [5, 5.41) is 3.32. The summed E-state index contributed by atoms with van der Waals surface area (Å²) in [5.74, 6) is 1.13. The van der Waals surface area contributed by atoms with E-state index in [-0.39, 0.29) is 5.82 Å². The highest BCUT2D eigenvalue weighted by atomic mass is 19.1. The fraction of sp³-hybridized carbons (Fsp3) is 0.375. The number of aromatic nitrogens is 2. The molecule has 4 nitrogen and oxygen atoms in total. The average molecular weight is 286 g/mol. The van der Waals surface area contributed by atoms with Crippen LogP contribution >= 0.6 is 0 Å². The zero-order valence-corrected chi connectivity index (χ0v) is 11.8. The number of nitrogens with one attached hydrogen (secondary N) is 1. The molecule has 2 aromatic rings. The van der Waals surface area contributed by atoms with E-state index in [0.29, 0.717) is 12.5 Å². The molecule has 0 atom stereocenters. The van der Waals surface area contributed by atoms with Crippen LogP contribution in [0.3, 0.4) is 0 Å². The van der Waals surface area contributed by atoms with Gasteiger partial charge < -0.3 is 11.1 Å². The Bertz CT molecular complexity index is 608. The van der Waals surface area contributed by atoms with Gasteiger partial charge >= 0.3 is 0 Å². The standard InChI is InChI=1S/C16H19FN4/c17-13-6-4-11(5-7-13)15-14(19-9-1-8-18)10-20-16(21-15)12-2-3-12/h4-7,10,12,19H,1-3,8-9,18H2. The van der Waals surface area contributed by atoms with Crippen molar-refractivity contribution in [2.75, 3.05) is 18.4 Å². The van der Waals surface area contributed by atoms with Crippen molar-refractivity contribution in [3.63, 3.8) is 0 Å². The Morgan fingerprint density at radius 1 is 1.24 bits per heavy atom. The van der Waals surface area contributed by atoms with Gasteiger partial charge in [-0.3, -0.25) is 0 Å². The minimum absolute atomic E-state index is 0.243. The fourth-order valence-electron chi connectivity index (χ4n) is 2.22. The van der Waals surface area contributed by atoms with Gasteiger partial charge in [-0.05, 0) is 50.1 Å². The first-order valence-electron chi connectivity index (χ1n) is 7.35. The molecule has 0 unspecified atom stereocenters. The van der Waals surface area contributed by atoms with Crippen LogP contribution in [0.15, 0.2) is 30.5 Å². The lowest BCUT2D eigenvalue weighted by molar-refractivity contribution is 0.628. The number of nitrogens with two attached hydrogens (primary N) is 1. The van der Waals surface area contributed by atoms with E-state index < -0.39 is 0 Å². The van der Waals surface area contributed by atoms with Gasteiger partial charge in [-0.25, -0.2) is 14.4 Å². The summed E-state index contributed by atoms with van der Waals surface area (Å²) in [7, 11) is 0. The zero-order chi connectivity index (χ0) is 14.7. The van der Waals surface area contributed by atoms with Gasteiger partial charge in [0.05, 0.1) is 17.6 Å². The number of benzene rings is 1. The van der Waals surface area contributed by atoms with Gasteiger partial charge in [0, 0.05) is 18.0 Å². The van der Waals surface area contributed by atoms with Crippen LogP contribution in [0.5, 0.6) is 0 Å². The Morgan fingerprint density at radius 3 is 2.67 bits per heavy atom. The first-order chi connectivity index (χ1) is 10.3. The number of hydrogen-bond acceptors (Lipinski definition) is 4. The third-order valence-corrected chi connectivity index (χ3v) is 3.56. The van der Waals surface area contributed by atoms with Crippen molar-refractivity contribution in [3.8, 4) is 11.3 Å². The van der Waals surface area contributed by atoms with Gasteiger partial charge in [0.25, 0.3) is 0 Å². The van der Waals surface area contributed by atoms with E-state index in [2.05, 4.69) is 15.3 Å². The highest BCUT2D eigenvalue weighted by Crippen LogP contribution is 2.39. The number of halogens is 1. The van der Waals surface area contributed by atoms with Crippen LogP contribution in [0.4, 0.5) is 10.1 Å². The van der Waals surface area contributed by atoms with E-state index in [1.165, 1.54) is 12.1 Å². The van der Waals surface area contributed by atoms with Gasteiger partial charge in [-0.2, -0.15) is 0 Å². The van der Waals surface area contributed by atoms with Crippen LogP contribution in [-0.2, 0) is 0 Å². The Morgan fingerprint density at radius 2 is 2.00 bits per heavy atom.